The van der Waals surface area contributed by atoms with Crippen molar-refractivity contribution in [2.75, 3.05) is 18.5 Å². The van der Waals surface area contributed by atoms with Gasteiger partial charge in [0, 0.05) is 25.8 Å². The Morgan fingerprint density at radius 2 is 2.11 bits per heavy atom. The van der Waals surface area contributed by atoms with Crippen LogP contribution in [0.2, 0.25) is 0 Å². The maximum atomic E-state index is 5.97. The highest BCUT2D eigenvalue weighted by Gasteiger charge is 2.17. The third-order valence-electron chi connectivity index (χ3n) is 4.23. The molecule has 0 aliphatic heterocycles. The number of aromatic nitrogens is 1. The van der Waals surface area contributed by atoms with Crippen LogP contribution in [0.4, 0.5) is 5.82 Å². The van der Waals surface area contributed by atoms with Crippen LogP contribution in [0.5, 0.6) is 0 Å². The summed E-state index contributed by atoms with van der Waals surface area (Å²) in [5.41, 5.74) is 7.22. The van der Waals surface area contributed by atoms with Gasteiger partial charge in [-0.25, -0.2) is 4.98 Å². The zero-order valence-electron chi connectivity index (χ0n) is 12.3. The van der Waals surface area contributed by atoms with Crippen molar-refractivity contribution < 1.29 is 0 Å². The quantitative estimate of drug-likeness (QED) is 0.856. The Morgan fingerprint density at radius 3 is 2.68 bits per heavy atom. The molecule has 1 atom stereocenters. The Kier molecular flexibility index (Phi) is 5.20. The molecule has 1 fully saturated rings. The maximum absolute atomic E-state index is 5.97. The number of nitrogens with zero attached hydrogens (tertiary/aromatic N) is 2. The number of hydrogen-bond acceptors (Lipinski definition) is 3. The van der Waals surface area contributed by atoms with Crippen LogP contribution in [0.15, 0.2) is 18.3 Å². The molecule has 0 radical (unpaired) electrons. The van der Waals surface area contributed by atoms with Gasteiger partial charge in [-0.1, -0.05) is 25.8 Å². The van der Waals surface area contributed by atoms with E-state index in [1.165, 1.54) is 31.2 Å². The molecular weight excluding hydrogens is 234 g/mol. The molecule has 0 amide bonds. The zero-order valence-corrected chi connectivity index (χ0v) is 12.3. The van der Waals surface area contributed by atoms with Crippen molar-refractivity contribution in [1.29, 1.82) is 0 Å². The lowest BCUT2D eigenvalue weighted by Gasteiger charge is -2.22. The summed E-state index contributed by atoms with van der Waals surface area (Å²) in [6.45, 7) is 3.27. The van der Waals surface area contributed by atoms with Crippen LogP contribution in [0.3, 0.4) is 0 Å². The number of anilines is 1. The van der Waals surface area contributed by atoms with Gasteiger partial charge < -0.3 is 10.6 Å². The summed E-state index contributed by atoms with van der Waals surface area (Å²) in [5.74, 6) is 1.95. The second kappa shape index (κ2) is 6.90. The van der Waals surface area contributed by atoms with Crippen molar-refractivity contribution in [2.24, 2.45) is 11.7 Å². The Labute approximate surface area is 117 Å². The van der Waals surface area contributed by atoms with Gasteiger partial charge in [0.25, 0.3) is 0 Å². The summed E-state index contributed by atoms with van der Waals surface area (Å²) in [6.07, 6.45) is 9.50. The first-order chi connectivity index (χ1) is 9.19. The summed E-state index contributed by atoms with van der Waals surface area (Å²) >= 11 is 0. The van der Waals surface area contributed by atoms with Crippen LogP contribution in [0.1, 0.15) is 44.6 Å². The summed E-state index contributed by atoms with van der Waals surface area (Å²) in [4.78, 5) is 6.87. The second-order valence-corrected chi connectivity index (χ2v) is 5.93. The first-order valence-electron chi connectivity index (χ1n) is 7.60. The van der Waals surface area contributed by atoms with Crippen LogP contribution in [0.25, 0.3) is 0 Å². The molecule has 0 bridgehead atoms. The Hall–Kier alpha value is -1.09. The van der Waals surface area contributed by atoms with Crippen LogP contribution < -0.4 is 10.6 Å². The van der Waals surface area contributed by atoms with E-state index in [4.69, 9.17) is 5.73 Å². The monoisotopic (exact) mass is 261 g/mol. The van der Waals surface area contributed by atoms with E-state index in [1.54, 1.807) is 0 Å². The zero-order chi connectivity index (χ0) is 13.7. The smallest absolute Gasteiger partial charge is 0.128 e. The van der Waals surface area contributed by atoms with Gasteiger partial charge in [0.05, 0.1) is 0 Å². The van der Waals surface area contributed by atoms with Gasteiger partial charge in [0.2, 0.25) is 0 Å². The van der Waals surface area contributed by atoms with Gasteiger partial charge >= 0.3 is 0 Å². The Bertz CT molecular complexity index is 368. The number of rotatable bonds is 6. The minimum absolute atomic E-state index is 0.254. The summed E-state index contributed by atoms with van der Waals surface area (Å²) in [7, 11) is 2.15. The molecule has 1 aromatic rings. The lowest BCUT2D eigenvalue weighted by atomic mass is 10.1. The van der Waals surface area contributed by atoms with E-state index < -0.39 is 0 Å². The lowest BCUT2D eigenvalue weighted by molar-refractivity contribution is 0.545. The standard InChI is InChI=1S/C16H27N3/c1-3-15(17)10-14-8-9-16(18-11-14)19(2)12-13-6-4-5-7-13/h8-9,11,13,15H,3-7,10,12,17H2,1-2H3. The third kappa shape index (κ3) is 4.20. The topological polar surface area (TPSA) is 42.1 Å². The van der Waals surface area contributed by atoms with Crippen molar-refractivity contribution >= 4 is 5.82 Å². The molecule has 1 aliphatic rings. The van der Waals surface area contributed by atoms with Crippen molar-refractivity contribution in [3.8, 4) is 0 Å². The van der Waals surface area contributed by atoms with Crippen LogP contribution >= 0.6 is 0 Å². The summed E-state index contributed by atoms with van der Waals surface area (Å²) in [6, 6.07) is 4.55. The molecule has 19 heavy (non-hydrogen) atoms. The molecule has 3 heteroatoms. The van der Waals surface area contributed by atoms with E-state index in [-0.39, 0.29) is 6.04 Å². The first kappa shape index (κ1) is 14.3. The molecule has 1 saturated carbocycles. The van der Waals surface area contributed by atoms with E-state index in [2.05, 4.69) is 36.0 Å². The van der Waals surface area contributed by atoms with Crippen LogP contribution in [-0.2, 0) is 6.42 Å². The van der Waals surface area contributed by atoms with Gasteiger partial charge in [0.15, 0.2) is 0 Å². The minimum Gasteiger partial charge on any atom is -0.359 e. The molecule has 0 spiro atoms. The molecule has 1 unspecified atom stereocenters. The average Bonchev–Trinajstić information content (AvgIpc) is 2.92. The average molecular weight is 261 g/mol. The Morgan fingerprint density at radius 1 is 1.37 bits per heavy atom. The molecular formula is C16H27N3. The van der Waals surface area contributed by atoms with E-state index >= 15 is 0 Å². The molecule has 1 aliphatic carbocycles. The molecule has 2 rings (SSSR count). The number of hydrogen-bond donors (Lipinski definition) is 1. The first-order valence-corrected chi connectivity index (χ1v) is 7.60. The SMILES string of the molecule is CCC(N)Cc1ccc(N(C)CC2CCCC2)nc1. The minimum atomic E-state index is 0.254. The highest BCUT2D eigenvalue weighted by Crippen LogP contribution is 2.26. The second-order valence-electron chi connectivity index (χ2n) is 5.93. The molecule has 1 aromatic heterocycles. The normalized spacial score (nSPS) is 17.6. The molecule has 106 valence electrons. The Balaban J connectivity index is 1.89. The van der Waals surface area contributed by atoms with E-state index in [0.717, 1.165) is 31.1 Å². The van der Waals surface area contributed by atoms with Crippen molar-refractivity contribution in [3.05, 3.63) is 23.9 Å². The predicted molar refractivity (Wildman–Crippen MR) is 81.4 cm³/mol. The fourth-order valence-corrected chi connectivity index (χ4v) is 2.88. The largest absolute Gasteiger partial charge is 0.359 e. The van der Waals surface area contributed by atoms with Crippen LogP contribution in [-0.4, -0.2) is 24.6 Å². The lowest BCUT2D eigenvalue weighted by Crippen LogP contribution is -2.25. The highest BCUT2D eigenvalue weighted by atomic mass is 15.2. The molecule has 3 nitrogen and oxygen atoms in total. The molecule has 0 aromatic carbocycles. The van der Waals surface area contributed by atoms with Crippen LogP contribution in [0, 0.1) is 5.92 Å². The number of nitrogens with two attached hydrogens (primary N) is 1. The van der Waals surface area contributed by atoms with Crippen molar-refractivity contribution in [1.82, 2.24) is 4.98 Å². The van der Waals surface area contributed by atoms with Gasteiger partial charge in [-0.3, -0.25) is 0 Å². The molecule has 0 saturated heterocycles. The molecule has 2 N–H and O–H groups in total. The summed E-state index contributed by atoms with van der Waals surface area (Å²) in [5, 5.41) is 0. The fraction of sp³-hybridized carbons (Fsp3) is 0.688. The van der Waals surface area contributed by atoms with E-state index in [1.807, 2.05) is 6.20 Å². The van der Waals surface area contributed by atoms with E-state index in [9.17, 15) is 0 Å². The number of pyridine rings is 1. The van der Waals surface area contributed by atoms with Gasteiger partial charge in [-0.15, -0.1) is 0 Å². The van der Waals surface area contributed by atoms with Gasteiger partial charge in [-0.05, 0) is 43.2 Å². The summed E-state index contributed by atoms with van der Waals surface area (Å²) < 4.78 is 0. The van der Waals surface area contributed by atoms with Gasteiger partial charge in [0.1, 0.15) is 5.82 Å². The molecule has 1 heterocycles. The fourth-order valence-electron chi connectivity index (χ4n) is 2.88. The van der Waals surface area contributed by atoms with Crippen molar-refractivity contribution in [2.45, 2.75) is 51.5 Å². The third-order valence-corrected chi connectivity index (χ3v) is 4.23. The van der Waals surface area contributed by atoms with Gasteiger partial charge in [-0.2, -0.15) is 0 Å². The highest BCUT2D eigenvalue weighted by molar-refractivity contribution is 5.38. The van der Waals surface area contributed by atoms with E-state index in [0.29, 0.717) is 0 Å². The predicted octanol–water partition coefficient (Wildman–Crippen LogP) is 2.99. The van der Waals surface area contributed by atoms with Crippen molar-refractivity contribution in [3.63, 3.8) is 0 Å². The maximum Gasteiger partial charge on any atom is 0.128 e.